The summed E-state index contributed by atoms with van der Waals surface area (Å²) in [5, 5.41) is 8.94. The lowest BCUT2D eigenvalue weighted by atomic mass is 9.97. The van der Waals surface area contributed by atoms with Crippen LogP contribution in [0.4, 0.5) is 5.69 Å². The van der Waals surface area contributed by atoms with Crippen LogP contribution in [0.2, 0.25) is 0 Å². The van der Waals surface area contributed by atoms with E-state index >= 15 is 0 Å². The van der Waals surface area contributed by atoms with Crippen LogP contribution in [0.3, 0.4) is 0 Å². The fraction of sp³-hybridized carbons (Fsp3) is 0.133. The minimum atomic E-state index is 0.624. The highest BCUT2D eigenvalue weighted by Gasteiger charge is 2.05. The van der Waals surface area contributed by atoms with Crippen LogP contribution in [-0.2, 0) is 6.42 Å². The minimum Gasteiger partial charge on any atom is -0.398 e. The smallest absolute Gasteiger partial charge is 0.0992 e. The molecule has 2 aromatic rings. The van der Waals surface area contributed by atoms with E-state index in [4.69, 9.17) is 11.0 Å². The summed E-state index contributed by atoms with van der Waals surface area (Å²) < 4.78 is 0. The molecule has 2 nitrogen and oxygen atoms in total. The molecule has 0 amide bonds. The van der Waals surface area contributed by atoms with Crippen molar-refractivity contribution in [3.05, 3.63) is 64.7 Å². The molecule has 0 atom stereocenters. The lowest BCUT2D eigenvalue weighted by Crippen LogP contribution is -1.98. The molecule has 0 aliphatic rings. The van der Waals surface area contributed by atoms with Crippen molar-refractivity contribution in [2.75, 3.05) is 5.73 Å². The van der Waals surface area contributed by atoms with E-state index in [1.165, 1.54) is 5.56 Å². The Hall–Kier alpha value is -2.27. The summed E-state index contributed by atoms with van der Waals surface area (Å²) in [6, 6.07) is 16.0. The maximum absolute atomic E-state index is 8.94. The fourth-order valence-electron chi connectivity index (χ4n) is 1.86. The highest BCUT2D eigenvalue weighted by atomic mass is 14.6. The molecule has 0 aliphatic carbocycles. The Morgan fingerprint density at radius 3 is 2.53 bits per heavy atom. The van der Waals surface area contributed by atoms with Crippen LogP contribution in [0.25, 0.3) is 0 Å². The minimum absolute atomic E-state index is 0.624. The molecular formula is C15H14N2. The van der Waals surface area contributed by atoms with E-state index in [2.05, 4.69) is 18.2 Å². The third kappa shape index (κ3) is 2.46. The molecule has 84 valence electrons. The van der Waals surface area contributed by atoms with Crippen LogP contribution in [0.5, 0.6) is 0 Å². The molecule has 0 radical (unpaired) electrons. The number of rotatable bonds is 2. The SMILES string of the molecule is Cc1c(N)cc(C#N)cc1Cc1ccccc1. The zero-order valence-electron chi connectivity index (χ0n) is 9.77. The van der Waals surface area contributed by atoms with E-state index in [1.807, 2.05) is 31.2 Å². The first-order chi connectivity index (χ1) is 8.20. The third-order valence-electron chi connectivity index (χ3n) is 2.92. The second-order valence-corrected chi connectivity index (χ2v) is 4.12. The van der Waals surface area contributed by atoms with Crippen LogP contribution in [0.1, 0.15) is 22.3 Å². The zero-order valence-corrected chi connectivity index (χ0v) is 9.77. The van der Waals surface area contributed by atoms with E-state index in [9.17, 15) is 0 Å². The van der Waals surface area contributed by atoms with Gasteiger partial charge in [0, 0.05) is 5.69 Å². The topological polar surface area (TPSA) is 49.8 Å². The maximum Gasteiger partial charge on any atom is 0.0992 e. The van der Waals surface area contributed by atoms with Crippen molar-refractivity contribution in [3.8, 4) is 6.07 Å². The molecule has 0 unspecified atom stereocenters. The Labute approximate surface area is 101 Å². The molecule has 2 aromatic carbocycles. The molecule has 0 heterocycles. The Bertz CT molecular complexity index is 565. The van der Waals surface area contributed by atoms with Gasteiger partial charge < -0.3 is 5.73 Å². The zero-order chi connectivity index (χ0) is 12.3. The number of nitrogens with two attached hydrogens (primary N) is 1. The van der Waals surface area contributed by atoms with Gasteiger partial charge in [-0.05, 0) is 42.2 Å². The Kier molecular flexibility index (Phi) is 3.11. The van der Waals surface area contributed by atoms with Crippen molar-refractivity contribution in [1.29, 1.82) is 5.26 Å². The van der Waals surface area contributed by atoms with Crippen LogP contribution >= 0.6 is 0 Å². The third-order valence-corrected chi connectivity index (χ3v) is 2.92. The van der Waals surface area contributed by atoms with Gasteiger partial charge in [0.2, 0.25) is 0 Å². The summed E-state index contributed by atoms with van der Waals surface area (Å²) >= 11 is 0. The molecule has 0 bridgehead atoms. The number of nitriles is 1. The lowest BCUT2D eigenvalue weighted by Gasteiger charge is -2.09. The fourth-order valence-corrected chi connectivity index (χ4v) is 1.86. The Morgan fingerprint density at radius 1 is 1.18 bits per heavy atom. The molecular weight excluding hydrogens is 208 g/mol. The lowest BCUT2D eigenvalue weighted by molar-refractivity contribution is 1.15. The largest absolute Gasteiger partial charge is 0.398 e. The van der Waals surface area contributed by atoms with Gasteiger partial charge in [-0.2, -0.15) is 5.26 Å². The van der Waals surface area contributed by atoms with Gasteiger partial charge in [-0.1, -0.05) is 30.3 Å². The molecule has 0 aliphatic heterocycles. The van der Waals surface area contributed by atoms with Gasteiger partial charge in [0.25, 0.3) is 0 Å². The first-order valence-electron chi connectivity index (χ1n) is 5.53. The summed E-state index contributed by atoms with van der Waals surface area (Å²) in [6.45, 7) is 1.99. The summed E-state index contributed by atoms with van der Waals surface area (Å²) in [5.41, 5.74) is 10.6. The number of hydrogen-bond acceptors (Lipinski definition) is 2. The van der Waals surface area contributed by atoms with Gasteiger partial charge in [0.1, 0.15) is 0 Å². The second kappa shape index (κ2) is 4.71. The van der Waals surface area contributed by atoms with Crippen LogP contribution in [-0.4, -0.2) is 0 Å². The molecule has 17 heavy (non-hydrogen) atoms. The molecule has 2 rings (SSSR count). The molecule has 0 fully saturated rings. The number of nitrogen functional groups attached to an aromatic ring is 1. The Balaban J connectivity index is 2.39. The van der Waals surface area contributed by atoms with E-state index in [0.717, 1.165) is 17.5 Å². The average Bonchev–Trinajstić information content (AvgIpc) is 2.36. The predicted octanol–water partition coefficient (Wildman–Crippen LogP) is 3.04. The Morgan fingerprint density at radius 2 is 1.88 bits per heavy atom. The molecule has 0 aromatic heterocycles. The van der Waals surface area contributed by atoms with Crippen molar-refractivity contribution in [1.82, 2.24) is 0 Å². The van der Waals surface area contributed by atoms with Crippen LogP contribution in [0.15, 0.2) is 42.5 Å². The number of nitrogens with zero attached hydrogens (tertiary/aromatic N) is 1. The van der Waals surface area contributed by atoms with Crippen molar-refractivity contribution < 1.29 is 0 Å². The second-order valence-electron chi connectivity index (χ2n) is 4.12. The highest BCUT2D eigenvalue weighted by Crippen LogP contribution is 2.21. The van der Waals surface area contributed by atoms with Gasteiger partial charge >= 0.3 is 0 Å². The van der Waals surface area contributed by atoms with Crippen LogP contribution in [0, 0.1) is 18.3 Å². The first kappa shape index (κ1) is 11.2. The number of hydrogen-bond donors (Lipinski definition) is 1. The molecule has 2 N–H and O–H groups in total. The quantitative estimate of drug-likeness (QED) is 0.794. The molecule has 0 spiro atoms. The van der Waals surface area contributed by atoms with Gasteiger partial charge in [-0.3, -0.25) is 0 Å². The summed E-state index contributed by atoms with van der Waals surface area (Å²) in [5.74, 6) is 0. The van der Waals surface area contributed by atoms with E-state index in [1.54, 1.807) is 6.07 Å². The molecule has 2 heteroatoms. The van der Waals surface area contributed by atoms with E-state index in [0.29, 0.717) is 11.3 Å². The van der Waals surface area contributed by atoms with Crippen molar-refractivity contribution in [2.24, 2.45) is 0 Å². The van der Waals surface area contributed by atoms with Gasteiger partial charge in [0.05, 0.1) is 11.6 Å². The summed E-state index contributed by atoms with van der Waals surface area (Å²) in [6.07, 6.45) is 0.812. The standard InChI is InChI=1S/C15H14N2/c1-11-14(7-12-5-3-2-4-6-12)8-13(10-16)9-15(11)17/h2-6,8-9H,7,17H2,1H3. The van der Waals surface area contributed by atoms with Crippen molar-refractivity contribution >= 4 is 5.69 Å². The molecule has 0 saturated carbocycles. The summed E-state index contributed by atoms with van der Waals surface area (Å²) in [7, 11) is 0. The highest BCUT2D eigenvalue weighted by molar-refractivity contribution is 5.56. The first-order valence-corrected chi connectivity index (χ1v) is 5.53. The van der Waals surface area contributed by atoms with Crippen LogP contribution < -0.4 is 5.73 Å². The predicted molar refractivity (Wildman–Crippen MR) is 69.6 cm³/mol. The maximum atomic E-state index is 8.94. The van der Waals surface area contributed by atoms with Gasteiger partial charge in [-0.15, -0.1) is 0 Å². The van der Waals surface area contributed by atoms with Gasteiger partial charge in [-0.25, -0.2) is 0 Å². The number of benzene rings is 2. The van der Waals surface area contributed by atoms with Crippen molar-refractivity contribution in [2.45, 2.75) is 13.3 Å². The number of anilines is 1. The van der Waals surface area contributed by atoms with E-state index < -0.39 is 0 Å². The average molecular weight is 222 g/mol. The molecule has 0 saturated heterocycles. The van der Waals surface area contributed by atoms with Crippen molar-refractivity contribution in [3.63, 3.8) is 0 Å². The normalized spacial score (nSPS) is 9.88. The van der Waals surface area contributed by atoms with Gasteiger partial charge in [0.15, 0.2) is 0 Å². The monoisotopic (exact) mass is 222 g/mol. The van der Waals surface area contributed by atoms with E-state index in [-0.39, 0.29) is 0 Å². The summed E-state index contributed by atoms with van der Waals surface area (Å²) in [4.78, 5) is 0.